The van der Waals surface area contributed by atoms with Crippen LogP contribution in [0.25, 0.3) is 0 Å². The molecule has 5 nitrogen and oxygen atoms in total. The van der Waals surface area contributed by atoms with E-state index in [9.17, 15) is 9.59 Å². The van der Waals surface area contributed by atoms with Gasteiger partial charge in [-0.15, -0.1) is 0 Å². The molecule has 1 radical (unpaired) electrons. The molecule has 0 heterocycles. The van der Waals surface area contributed by atoms with E-state index in [0.717, 1.165) is 25.5 Å². The molecule has 0 aliphatic heterocycles. The largest absolute Gasteiger partial charge is 0.513 e. The molecule has 0 aromatic heterocycles. The fourth-order valence-electron chi connectivity index (χ4n) is 0.616. The molecule has 14 heavy (non-hydrogen) atoms. The quantitative estimate of drug-likeness (QED) is 0.306. The Labute approximate surface area is 82.3 Å². The summed E-state index contributed by atoms with van der Waals surface area (Å²) in [5, 5.41) is 8.15. The second-order valence-electron chi connectivity index (χ2n) is 2.42. The summed E-state index contributed by atoms with van der Waals surface area (Å²) in [5.74, 6) is -1.19. The standard InChI is InChI=1S/C9H13O5/c1-2-3-4-6-13-9(12)14-7-5-8(10)11/h5,7H,1-4,6H2,(H,10,11). The molecule has 0 aromatic rings. The van der Waals surface area contributed by atoms with Crippen molar-refractivity contribution in [3.05, 3.63) is 19.3 Å². The van der Waals surface area contributed by atoms with Crippen molar-refractivity contribution in [3.8, 4) is 0 Å². The molecular weight excluding hydrogens is 188 g/mol. The van der Waals surface area contributed by atoms with Gasteiger partial charge in [0.1, 0.15) is 6.26 Å². The summed E-state index contributed by atoms with van der Waals surface area (Å²) >= 11 is 0. The lowest BCUT2D eigenvalue weighted by atomic mass is 10.3. The van der Waals surface area contributed by atoms with Crippen molar-refractivity contribution in [3.63, 3.8) is 0 Å². The van der Waals surface area contributed by atoms with Gasteiger partial charge in [0.25, 0.3) is 0 Å². The third-order valence-corrected chi connectivity index (χ3v) is 1.24. The van der Waals surface area contributed by atoms with Crippen molar-refractivity contribution in [2.45, 2.75) is 19.3 Å². The van der Waals surface area contributed by atoms with Gasteiger partial charge in [-0.05, 0) is 6.42 Å². The van der Waals surface area contributed by atoms with Crippen molar-refractivity contribution in [2.75, 3.05) is 6.61 Å². The minimum absolute atomic E-state index is 0.259. The second-order valence-corrected chi connectivity index (χ2v) is 2.42. The van der Waals surface area contributed by atoms with E-state index in [0.29, 0.717) is 6.08 Å². The summed E-state index contributed by atoms with van der Waals surface area (Å²) in [6, 6.07) is 0. The molecule has 0 rings (SSSR count). The summed E-state index contributed by atoms with van der Waals surface area (Å²) in [4.78, 5) is 20.6. The molecule has 1 N–H and O–H groups in total. The molecule has 0 unspecified atom stereocenters. The molecule has 0 saturated heterocycles. The van der Waals surface area contributed by atoms with Gasteiger partial charge in [0.05, 0.1) is 12.7 Å². The summed E-state index contributed by atoms with van der Waals surface area (Å²) in [6.07, 6.45) is 2.96. The number of carbonyl (C=O) groups is 2. The van der Waals surface area contributed by atoms with Crippen LogP contribution in [0.1, 0.15) is 19.3 Å². The van der Waals surface area contributed by atoms with E-state index in [-0.39, 0.29) is 6.61 Å². The van der Waals surface area contributed by atoms with Gasteiger partial charge in [-0.3, -0.25) is 0 Å². The van der Waals surface area contributed by atoms with Gasteiger partial charge in [-0.25, -0.2) is 9.59 Å². The van der Waals surface area contributed by atoms with Crippen molar-refractivity contribution in [1.29, 1.82) is 0 Å². The van der Waals surface area contributed by atoms with E-state index in [1.54, 1.807) is 0 Å². The fraction of sp³-hybridized carbons (Fsp3) is 0.444. The van der Waals surface area contributed by atoms with Crippen LogP contribution in [0, 0.1) is 6.92 Å². The topological polar surface area (TPSA) is 72.8 Å². The molecule has 0 aliphatic rings. The number of rotatable bonds is 6. The smallest absolute Gasteiger partial charge is 0.478 e. The number of unbranched alkanes of at least 4 members (excludes halogenated alkanes) is 2. The minimum Gasteiger partial charge on any atom is -0.478 e. The van der Waals surface area contributed by atoms with Gasteiger partial charge < -0.3 is 14.6 Å². The van der Waals surface area contributed by atoms with E-state index in [1.165, 1.54) is 0 Å². The summed E-state index contributed by atoms with van der Waals surface area (Å²) in [6.45, 7) is 3.88. The zero-order chi connectivity index (χ0) is 10.8. The van der Waals surface area contributed by atoms with Gasteiger partial charge in [-0.1, -0.05) is 19.8 Å². The van der Waals surface area contributed by atoms with Crippen LogP contribution >= 0.6 is 0 Å². The van der Waals surface area contributed by atoms with Gasteiger partial charge >= 0.3 is 12.1 Å². The number of hydrogen-bond donors (Lipinski definition) is 1. The molecule has 0 atom stereocenters. The molecular formula is C9H13O5. The third kappa shape index (κ3) is 8.58. The van der Waals surface area contributed by atoms with E-state index in [2.05, 4.69) is 16.4 Å². The molecule has 0 aliphatic carbocycles. The minimum atomic E-state index is -1.19. The number of carboxylic acids is 1. The van der Waals surface area contributed by atoms with Crippen molar-refractivity contribution in [2.24, 2.45) is 0 Å². The van der Waals surface area contributed by atoms with Crippen LogP contribution in [0.2, 0.25) is 0 Å². The maximum atomic E-state index is 10.7. The number of carbonyl (C=O) groups excluding carboxylic acids is 1. The highest BCUT2D eigenvalue weighted by Gasteiger charge is 2.00. The van der Waals surface area contributed by atoms with Crippen LogP contribution < -0.4 is 0 Å². The van der Waals surface area contributed by atoms with Gasteiger partial charge in [0, 0.05) is 0 Å². The SMILES string of the molecule is [CH2]CCCCOC(=O)OC=CC(=O)O. The number of ether oxygens (including phenoxy) is 2. The van der Waals surface area contributed by atoms with E-state index in [4.69, 9.17) is 5.11 Å². The Morgan fingerprint density at radius 3 is 2.64 bits per heavy atom. The van der Waals surface area contributed by atoms with Gasteiger partial charge in [0.15, 0.2) is 0 Å². The molecule has 79 valence electrons. The first-order valence-corrected chi connectivity index (χ1v) is 4.19. The van der Waals surface area contributed by atoms with Crippen LogP contribution in [0.15, 0.2) is 12.3 Å². The molecule has 0 amide bonds. The Morgan fingerprint density at radius 2 is 2.07 bits per heavy atom. The van der Waals surface area contributed by atoms with Crippen molar-refractivity contribution < 1.29 is 24.2 Å². The summed E-state index contributed by atoms with van der Waals surface area (Å²) in [5.41, 5.74) is 0. The van der Waals surface area contributed by atoms with Crippen LogP contribution in [0.3, 0.4) is 0 Å². The Hall–Kier alpha value is -1.52. The average Bonchev–Trinajstić information content (AvgIpc) is 2.12. The van der Waals surface area contributed by atoms with Crippen molar-refractivity contribution >= 4 is 12.1 Å². The fourth-order valence-corrected chi connectivity index (χ4v) is 0.616. The Balaban J connectivity index is 3.41. The predicted octanol–water partition coefficient (Wildman–Crippen LogP) is 1.74. The predicted molar refractivity (Wildman–Crippen MR) is 48.4 cm³/mol. The van der Waals surface area contributed by atoms with Crippen molar-refractivity contribution in [1.82, 2.24) is 0 Å². The molecule has 0 fully saturated rings. The van der Waals surface area contributed by atoms with Crippen LogP contribution in [-0.2, 0) is 14.3 Å². The highest BCUT2D eigenvalue weighted by Crippen LogP contribution is 1.95. The second kappa shape index (κ2) is 8.10. The van der Waals surface area contributed by atoms with E-state index >= 15 is 0 Å². The highest BCUT2D eigenvalue weighted by molar-refractivity contribution is 5.79. The maximum absolute atomic E-state index is 10.7. The number of hydrogen-bond acceptors (Lipinski definition) is 4. The zero-order valence-electron chi connectivity index (χ0n) is 7.77. The van der Waals surface area contributed by atoms with E-state index in [1.807, 2.05) is 0 Å². The third-order valence-electron chi connectivity index (χ3n) is 1.24. The highest BCUT2D eigenvalue weighted by atomic mass is 16.7. The lowest BCUT2D eigenvalue weighted by molar-refractivity contribution is -0.131. The summed E-state index contributed by atoms with van der Waals surface area (Å²) in [7, 11) is 0. The van der Waals surface area contributed by atoms with Gasteiger partial charge in [-0.2, -0.15) is 0 Å². The average molecular weight is 201 g/mol. The molecule has 0 bridgehead atoms. The lowest BCUT2D eigenvalue weighted by Crippen LogP contribution is -2.05. The Bertz CT molecular complexity index is 209. The van der Waals surface area contributed by atoms with Gasteiger partial charge in [0.2, 0.25) is 0 Å². The van der Waals surface area contributed by atoms with Crippen LogP contribution in [0.4, 0.5) is 4.79 Å². The first kappa shape index (κ1) is 12.5. The lowest BCUT2D eigenvalue weighted by Gasteiger charge is -2.01. The van der Waals surface area contributed by atoms with Crippen LogP contribution in [-0.4, -0.2) is 23.8 Å². The molecule has 0 spiro atoms. The zero-order valence-corrected chi connectivity index (χ0v) is 7.77. The Kier molecular flexibility index (Phi) is 7.22. The number of aliphatic carboxylic acids is 1. The number of carboxylic acid groups (broad SMARTS) is 1. The molecule has 0 aromatic carbocycles. The monoisotopic (exact) mass is 201 g/mol. The molecule has 0 saturated carbocycles. The maximum Gasteiger partial charge on any atom is 0.513 e. The van der Waals surface area contributed by atoms with Crippen LogP contribution in [0.5, 0.6) is 0 Å². The molecule has 5 heteroatoms. The normalized spacial score (nSPS) is 10.1. The summed E-state index contributed by atoms with van der Waals surface area (Å²) < 4.78 is 8.89. The van der Waals surface area contributed by atoms with E-state index < -0.39 is 12.1 Å². The first-order chi connectivity index (χ1) is 6.66. The Morgan fingerprint density at radius 1 is 1.36 bits per heavy atom. The first-order valence-electron chi connectivity index (χ1n) is 4.19.